The molecular weight excluding hydrogens is 420 g/mol. The Morgan fingerprint density at radius 2 is 1.89 bits per heavy atom. The summed E-state index contributed by atoms with van der Waals surface area (Å²) in [5.74, 6) is 1.12. The summed E-state index contributed by atoms with van der Waals surface area (Å²) in [5, 5.41) is 6.19. The molecular formula is C22H21BrN2O3. The van der Waals surface area contributed by atoms with Crippen LogP contribution in [0, 0.1) is 0 Å². The monoisotopic (exact) mass is 440 g/mol. The van der Waals surface area contributed by atoms with Gasteiger partial charge < -0.3 is 9.47 Å². The van der Waals surface area contributed by atoms with Crippen molar-refractivity contribution in [2.45, 2.75) is 13.3 Å². The standard InChI is InChI=1S/C22H21BrN2O3/c1-3-28-21-12-15(8-11-20(21)27-2)14-24-25-22(26)13-16-9-10-19(23)18-7-5-4-6-17(16)18/h4-12,14H,3,13H2,1-2H3,(H,25,26)/b24-14+. The molecule has 3 aromatic carbocycles. The molecule has 1 amide bonds. The van der Waals surface area contributed by atoms with Crippen molar-refractivity contribution < 1.29 is 14.3 Å². The van der Waals surface area contributed by atoms with Crippen LogP contribution in [0.2, 0.25) is 0 Å². The first-order valence-corrected chi connectivity index (χ1v) is 9.70. The summed E-state index contributed by atoms with van der Waals surface area (Å²) < 4.78 is 11.8. The minimum absolute atomic E-state index is 0.178. The zero-order chi connectivity index (χ0) is 19.9. The number of fused-ring (bicyclic) bond motifs is 1. The maximum absolute atomic E-state index is 12.3. The van der Waals surface area contributed by atoms with Crippen LogP contribution in [0.25, 0.3) is 10.8 Å². The van der Waals surface area contributed by atoms with Gasteiger partial charge in [0.1, 0.15) is 0 Å². The Hall–Kier alpha value is -2.86. The summed E-state index contributed by atoms with van der Waals surface area (Å²) in [6.07, 6.45) is 1.83. The van der Waals surface area contributed by atoms with Gasteiger partial charge in [0.15, 0.2) is 11.5 Å². The van der Waals surface area contributed by atoms with E-state index in [0.717, 1.165) is 26.4 Å². The second kappa shape index (κ2) is 9.37. The van der Waals surface area contributed by atoms with Crippen molar-refractivity contribution in [3.05, 3.63) is 70.2 Å². The topological polar surface area (TPSA) is 59.9 Å². The zero-order valence-corrected chi connectivity index (χ0v) is 17.3. The number of halogens is 1. The number of carbonyl (C=O) groups is 1. The van der Waals surface area contributed by atoms with E-state index in [0.29, 0.717) is 18.1 Å². The van der Waals surface area contributed by atoms with E-state index in [1.165, 1.54) is 0 Å². The molecule has 0 radical (unpaired) electrons. The number of hydrogen-bond donors (Lipinski definition) is 1. The van der Waals surface area contributed by atoms with Crippen LogP contribution in [0.1, 0.15) is 18.1 Å². The van der Waals surface area contributed by atoms with Gasteiger partial charge in [-0.15, -0.1) is 0 Å². The van der Waals surface area contributed by atoms with Crippen molar-refractivity contribution in [3.8, 4) is 11.5 Å². The lowest BCUT2D eigenvalue weighted by molar-refractivity contribution is -0.120. The van der Waals surface area contributed by atoms with Crippen molar-refractivity contribution >= 4 is 38.8 Å². The quantitative estimate of drug-likeness (QED) is 0.427. The number of nitrogens with one attached hydrogen (secondary N) is 1. The fourth-order valence-electron chi connectivity index (χ4n) is 2.91. The highest BCUT2D eigenvalue weighted by Gasteiger charge is 2.08. The number of hydrazone groups is 1. The molecule has 0 spiro atoms. The molecule has 0 aliphatic heterocycles. The molecule has 0 aromatic heterocycles. The van der Waals surface area contributed by atoms with Crippen LogP contribution in [0.3, 0.4) is 0 Å². The summed E-state index contributed by atoms with van der Waals surface area (Å²) in [5.41, 5.74) is 4.34. The van der Waals surface area contributed by atoms with Gasteiger partial charge in [-0.25, -0.2) is 5.43 Å². The number of amides is 1. The minimum Gasteiger partial charge on any atom is -0.493 e. The van der Waals surface area contributed by atoms with E-state index in [4.69, 9.17) is 9.47 Å². The van der Waals surface area contributed by atoms with E-state index in [1.54, 1.807) is 13.3 Å². The summed E-state index contributed by atoms with van der Waals surface area (Å²) in [6, 6.07) is 17.4. The van der Waals surface area contributed by atoms with E-state index in [2.05, 4.69) is 26.5 Å². The molecule has 3 rings (SSSR count). The van der Waals surface area contributed by atoms with Crippen LogP contribution in [0.15, 0.2) is 64.2 Å². The summed E-state index contributed by atoms with van der Waals surface area (Å²) in [7, 11) is 1.59. The summed E-state index contributed by atoms with van der Waals surface area (Å²) in [6.45, 7) is 2.45. The smallest absolute Gasteiger partial charge is 0.244 e. The molecule has 0 aliphatic carbocycles. The van der Waals surface area contributed by atoms with Gasteiger partial charge in [-0.3, -0.25) is 4.79 Å². The fourth-order valence-corrected chi connectivity index (χ4v) is 3.39. The molecule has 3 aromatic rings. The first-order chi connectivity index (χ1) is 13.6. The molecule has 0 bridgehead atoms. The number of ether oxygens (including phenoxy) is 2. The highest BCUT2D eigenvalue weighted by molar-refractivity contribution is 9.10. The van der Waals surface area contributed by atoms with E-state index >= 15 is 0 Å². The molecule has 0 heterocycles. The van der Waals surface area contributed by atoms with Crippen LogP contribution in [0.5, 0.6) is 11.5 Å². The number of carbonyl (C=O) groups excluding carboxylic acids is 1. The van der Waals surface area contributed by atoms with Gasteiger partial charge in [-0.05, 0) is 53.1 Å². The maximum Gasteiger partial charge on any atom is 0.244 e. The summed E-state index contributed by atoms with van der Waals surface area (Å²) in [4.78, 5) is 12.3. The lowest BCUT2D eigenvalue weighted by Gasteiger charge is -2.09. The maximum atomic E-state index is 12.3. The second-order valence-electron chi connectivity index (χ2n) is 6.07. The molecule has 144 valence electrons. The third-order valence-corrected chi connectivity index (χ3v) is 4.89. The fraction of sp³-hybridized carbons (Fsp3) is 0.182. The molecule has 0 aliphatic rings. The molecule has 1 N–H and O–H groups in total. The number of nitrogens with zero attached hydrogens (tertiary/aromatic N) is 1. The first-order valence-electron chi connectivity index (χ1n) is 8.91. The van der Waals surface area contributed by atoms with E-state index in [1.807, 2.05) is 61.5 Å². The van der Waals surface area contributed by atoms with E-state index < -0.39 is 0 Å². The van der Waals surface area contributed by atoms with Gasteiger partial charge in [0.25, 0.3) is 0 Å². The zero-order valence-electron chi connectivity index (χ0n) is 15.7. The lowest BCUT2D eigenvalue weighted by atomic mass is 10.0. The van der Waals surface area contributed by atoms with Gasteiger partial charge in [0.05, 0.1) is 26.4 Å². The van der Waals surface area contributed by atoms with Crippen molar-refractivity contribution in [1.82, 2.24) is 5.43 Å². The SMILES string of the molecule is CCOc1cc(/C=N/NC(=O)Cc2ccc(Br)c3ccccc23)ccc1OC. The van der Waals surface area contributed by atoms with Crippen LogP contribution in [-0.2, 0) is 11.2 Å². The number of methoxy groups -OCH3 is 1. The Bertz CT molecular complexity index is 1020. The predicted octanol–water partition coefficient (Wildman–Crippen LogP) is 4.70. The normalized spacial score (nSPS) is 11.0. The van der Waals surface area contributed by atoms with Gasteiger partial charge >= 0.3 is 0 Å². The van der Waals surface area contributed by atoms with E-state index in [9.17, 15) is 4.79 Å². The Kier molecular flexibility index (Phi) is 6.66. The van der Waals surface area contributed by atoms with Crippen LogP contribution in [0.4, 0.5) is 0 Å². The number of hydrogen-bond acceptors (Lipinski definition) is 4. The van der Waals surface area contributed by atoms with Crippen LogP contribution >= 0.6 is 15.9 Å². The lowest BCUT2D eigenvalue weighted by Crippen LogP contribution is -2.19. The van der Waals surface area contributed by atoms with E-state index in [-0.39, 0.29) is 12.3 Å². The average Bonchev–Trinajstić information content (AvgIpc) is 2.71. The minimum atomic E-state index is -0.178. The predicted molar refractivity (Wildman–Crippen MR) is 115 cm³/mol. The highest BCUT2D eigenvalue weighted by Crippen LogP contribution is 2.28. The molecule has 0 atom stereocenters. The Balaban J connectivity index is 1.68. The van der Waals surface area contributed by atoms with Gasteiger partial charge in [0, 0.05) is 4.47 Å². The van der Waals surface area contributed by atoms with Crippen molar-refractivity contribution in [2.24, 2.45) is 5.10 Å². The Labute approximate surface area is 172 Å². The molecule has 0 unspecified atom stereocenters. The Morgan fingerprint density at radius 1 is 1.11 bits per heavy atom. The molecule has 0 saturated carbocycles. The molecule has 28 heavy (non-hydrogen) atoms. The van der Waals surface area contributed by atoms with Crippen molar-refractivity contribution in [2.75, 3.05) is 13.7 Å². The van der Waals surface area contributed by atoms with Crippen molar-refractivity contribution in [1.29, 1.82) is 0 Å². The van der Waals surface area contributed by atoms with Gasteiger partial charge in [0.2, 0.25) is 5.91 Å². The number of benzene rings is 3. The largest absolute Gasteiger partial charge is 0.493 e. The van der Waals surface area contributed by atoms with Crippen LogP contribution < -0.4 is 14.9 Å². The molecule has 0 saturated heterocycles. The highest BCUT2D eigenvalue weighted by atomic mass is 79.9. The third kappa shape index (κ3) is 4.70. The van der Waals surface area contributed by atoms with Crippen LogP contribution in [-0.4, -0.2) is 25.8 Å². The molecule has 0 fully saturated rings. The average molecular weight is 441 g/mol. The summed E-state index contributed by atoms with van der Waals surface area (Å²) >= 11 is 3.55. The van der Waals surface area contributed by atoms with Gasteiger partial charge in [-0.1, -0.05) is 46.3 Å². The first kappa shape index (κ1) is 19.9. The second-order valence-corrected chi connectivity index (χ2v) is 6.92. The van der Waals surface area contributed by atoms with Gasteiger partial charge in [-0.2, -0.15) is 5.10 Å². The third-order valence-electron chi connectivity index (χ3n) is 4.20. The molecule has 6 heteroatoms. The number of rotatable bonds is 7. The molecule has 5 nitrogen and oxygen atoms in total. The Morgan fingerprint density at radius 3 is 2.64 bits per heavy atom. The van der Waals surface area contributed by atoms with Crippen molar-refractivity contribution in [3.63, 3.8) is 0 Å².